The molecule has 5 nitrogen and oxygen atoms in total. The first-order valence-corrected chi connectivity index (χ1v) is 9.26. The van der Waals surface area contributed by atoms with E-state index < -0.39 is 5.97 Å². The Bertz CT molecular complexity index is 341. The Morgan fingerprint density at radius 3 is 2.80 bits per heavy atom. The molecule has 0 aromatic rings. The van der Waals surface area contributed by atoms with Gasteiger partial charge in [-0.2, -0.15) is 11.8 Å². The Kier molecular flexibility index (Phi) is 6.51. The molecule has 2 saturated heterocycles. The standard InChI is InChI=1S/C13H21NO4S2/c15-12(8-20-9-13(16)17)14(10-3-5-19-7-10)6-11-2-1-4-18-11/h10-11H,1-9H2,(H,16,17). The van der Waals surface area contributed by atoms with E-state index in [0.29, 0.717) is 12.6 Å². The second kappa shape index (κ2) is 8.14. The molecule has 2 atom stereocenters. The number of nitrogens with zero attached hydrogens (tertiary/aromatic N) is 1. The Labute approximate surface area is 127 Å². The molecule has 2 rings (SSSR count). The van der Waals surface area contributed by atoms with Crippen LogP contribution < -0.4 is 0 Å². The van der Waals surface area contributed by atoms with Crippen LogP contribution in [0.25, 0.3) is 0 Å². The molecule has 2 aliphatic heterocycles. The van der Waals surface area contributed by atoms with E-state index in [-0.39, 0.29) is 23.5 Å². The van der Waals surface area contributed by atoms with E-state index in [2.05, 4.69) is 0 Å². The van der Waals surface area contributed by atoms with Crippen LogP contribution in [0.5, 0.6) is 0 Å². The summed E-state index contributed by atoms with van der Waals surface area (Å²) in [6.45, 7) is 1.46. The van der Waals surface area contributed by atoms with E-state index in [1.807, 2.05) is 16.7 Å². The molecule has 0 aliphatic carbocycles. The number of hydrogen-bond donors (Lipinski definition) is 1. The average molecular weight is 319 g/mol. The topological polar surface area (TPSA) is 66.8 Å². The molecule has 0 aromatic carbocycles. The van der Waals surface area contributed by atoms with Crippen molar-refractivity contribution in [2.45, 2.75) is 31.4 Å². The lowest BCUT2D eigenvalue weighted by atomic mass is 10.1. The summed E-state index contributed by atoms with van der Waals surface area (Å²) in [5, 5.41) is 8.64. The number of carboxylic acids is 1. The molecule has 0 saturated carbocycles. The molecule has 114 valence electrons. The summed E-state index contributed by atoms with van der Waals surface area (Å²) < 4.78 is 5.63. The molecule has 0 bridgehead atoms. The summed E-state index contributed by atoms with van der Waals surface area (Å²) in [5.74, 6) is 1.51. The van der Waals surface area contributed by atoms with Crippen molar-refractivity contribution >= 4 is 35.4 Å². The molecule has 0 aromatic heterocycles. The van der Waals surface area contributed by atoms with Crippen molar-refractivity contribution in [1.82, 2.24) is 4.90 Å². The van der Waals surface area contributed by atoms with Gasteiger partial charge in [0.1, 0.15) is 0 Å². The van der Waals surface area contributed by atoms with Gasteiger partial charge in [0.05, 0.1) is 17.6 Å². The van der Waals surface area contributed by atoms with Gasteiger partial charge in [0, 0.05) is 24.9 Å². The summed E-state index contributed by atoms with van der Waals surface area (Å²) in [6.07, 6.45) is 3.28. The third kappa shape index (κ3) is 4.86. The van der Waals surface area contributed by atoms with E-state index in [1.165, 1.54) is 11.8 Å². The van der Waals surface area contributed by atoms with Crippen LogP contribution in [0.2, 0.25) is 0 Å². The van der Waals surface area contributed by atoms with Gasteiger partial charge in [0.25, 0.3) is 0 Å². The molecule has 1 N–H and O–H groups in total. The van der Waals surface area contributed by atoms with Crippen LogP contribution >= 0.6 is 23.5 Å². The van der Waals surface area contributed by atoms with Gasteiger partial charge in [-0.3, -0.25) is 9.59 Å². The number of rotatable bonds is 7. The summed E-state index contributed by atoms with van der Waals surface area (Å²) in [6, 6.07) is 0.294. The highest BCUT2D eigenvalue weighted by molar-refractivity contribution is 8.00. The molecule has 0 radical (unpaired) electrons. The van der Waals surface area contributed by atoms with Crippen LogP contribution in [0.3, 0.4) is 0 Å². The fourth-order valence-electron chi connectivity index (χ4n) is 2.54. The van der Waals surface area contributed by atoms with Gasteiger partial charge in [-0.15, -0.1) is 11.8 Å². The molecule has 1 amide bonds. The smallest absolute Gasteiger partial charge is 0.313 e. The molecular formula is C13H21NO4S2. The fraction of sp³-hybridized carbons (Fsp3) is 0.846. The van der Waals surface area contributed by atoms with Crippen molar-refractivity contribution in [3.63, 3.8) is 0 Å². The first-order chi connectivity index (χ1) is 9.66. The molecule has 2 fully saturated rings. The van der Waals surface area contributed by atoms with Crippen molar-refractivity contribution in [3.05, 3.63) is 0 Å². The largest absolute Gasteiger partial charge is 0.481 e. The van der Waals surface area contributed by atoms with Gasteiger partial charge >= 0.3 is 5.97 Å². The predicted molar refractivity (Wildman–Crippen MR) is 81.4 cm³/mol. The number of carboxylic acid groups (broad SMARTS) is 1. The number of carbonyl (C=O) groups excluding carboxylic acids is 1. The lowest BCUT2D eigenvalue weighted by molar-refractivity contribution is -0.133. The third-order valence-corrected chi connectivity index (χ3v) is 5.59. The Hall–Kier alpha value is -0.400. The molecule has 7 heteroatoms. The lowest BCUT2D eigenvalue weighted by Gasteiger charge is -2.30. The maximum Gasteiger partial charge on any atom is 0.313 e. The number of amides is 1. The number of ether oxygens (including phenoxy) is 1. The molecule has 2 heterocycles. The quantitative estimate of drug-likeness (QED) is 0.763. The normalized spacial score (nSPS) is 25.8. The van der Waals surface area contributed by atoms with Crippen LogP contribution in [0.15, 0.2) is 0 Å². The molecular weight excluding hydrogens is 298 g/mol. The van der Waals surface area contributed by atoms with Gasteiger partial charge in [-0.1, -0.05) is 0 Å². The molecule has 20 heavy (non-hydrogen) atoms. The van der Waals surface area contributed by atoms with Gasteiger partial charge in [0.15, 0.2) is 0 Å². The minimum Gasteiger partial charge on any atom is -0.481 e. The number of carbonyl (C=O) groups is 2. The van der Waals surface area contributed by atoms with Crippen LogP contribution in [0, 0.1) is 0 Å². The number of hydrogen-bond acceptors (Lipinski definition) is 5. The van der Waals surface area contributed by atoms with E-state index in [0.717, 1.165) is 37.4 Å². The summed E-state index contributed by atoms with van der Waals surface area (Å²) >= 11 is 3.06. The summed E-state index contributed by atoms with van der Waals surface area (Å²) in [4.78, 5) is 24.8. The van der Waals surface area contributed by atoms with E-state index in [4.69, 9.17) is 9.84 Å². The minimum atomic E-state index is -0.870. The Balaban J connectivity index is 1.86. The second-order valence-corrected chi connectivity index (χ2v) is 7.22. The predicted octanol–water partition coefficient (Wildman–Crippen LogP) is 1.32. The third-order valence-electron chi connectivity index (χ3n) is 3.54. The van der Waals surface area contributed by atoms with Crippen molar-refractivity contribution in [2.75, 3.05) is 36.2 Å². The lowest BCUT2D eigenvalue weighted by Crippen LogP contribution is -2.45. The van der Waals surface area contributed by atoms with E-state index in [1.54, 1.807) is 0 Å². The summed E-state index contributed by atoms with van der Waals surface area (Å²) in [7, 11) is 0. The van der Waals surface area contributed by atoms with Crippen LogP contribution in [-0.4, -0.2) is 70.2 Å². The van der Waals surface area contributed by atoms with Crippen LogP contribution in [0.1, 0.15) is 19.3 Å². The first-order valence-electron chi connectivity index (χ1n) is 6.95. The monoisotopic (exact) mass is 319 g/mol. The van der Waals surface area contributed by atoms with Crippen molar-refractivity contribution in [3.8, 4) is 0 Å². The highest BCUT2D eigenvalue weighted by atomic mass is 32.2. The zero-order valence-corrected chi connectivity index (χ0v) is 13.1. The molecule has 2 unspecified atom stereocenters. The van der Waals surface area contributed by atoms with Crippen molar-refractivity contribution in [2.24, 2.45) is 0 Å². The van der Waals surface area contributed by atoms with Gasteiger partial charge in [0.2, 0.25) is 5.91 Å². The maximum absolute atomic E-state index is 12.3. The number of thioether (sulfide) groups is 2. The van der Waals surface area contributed by atoms with Gasteiger partial charge in [-0.05, 0) is 25.0 Å². The maximum atomic E-state index is 12.3. The Morgan fingerprint density at radius 1 is 1.35 bits per heavy atom. The summed E-state index contributed by atoms with van der Waals surface area (Å²) in [5.41, 5.74) is 0. The Morgan fingerprint density at radius 2 is 2.20 bits per heavy atom. The van der Waals surface area contributed by atoms with E-state index in [9.17, 15) is 9.59 Å². The van der Waals surface area contributed by atoms with Crippen LogP contribution in [0.4, 0.5) is 0 Å². The minimum absolute atomic E-state index is 0.0150. The molecule has 2 aliphatic rings. The highest BCUT2D eigenvalue weighted by Crippen LogP contribution is 2.25. The van der Waals surface area contributed by atoms with Gasteiger partial charge in [-0.25, -0.2) is 0 Å². The average Bonchev–Trinajstić information content (AvgIpc) is 3.08. The zero-order chi connectivity index (χ0) is 14.4. The highest BCUT2D eigenvalue weighted by Gasteiger charge is 2.30. The zero-order valence-electron chi connectivity index (χ0n) is 11.5. The fourth-order valence-corrected chi connectivity index (χ4v) is 4.38. The van der Waals surface area contributed by atoms with Crippen molar-refractivity contribution in [1.29, 1.82) is 0 Å². The SMILES string of the molecule is O=C(O)CSCC(=O)N(CC1CCCO1)C1CCSC1. The van der Waals surface area contributed by atoms with E-state index >= 15 is 0 Å². The van der Waals surface area contributed by atoms with Crippen molar-refractivity contribution < 1.29 is 19.4 Å². The van der Waals surface area contributed by atoms with Gasteiger partial charge < -0.3 is 14.7 Å². The van der Waals surface area contributed by atoms with Crippen LogP contribution in [-0.2, 0) is 14.3 Å². The first kappa shape index (κ1) is 16.0. The second-order valence-electron chi connectivity index (χ2n) is 5.09. The molecule has 0 spiro atoms. The number of aliphatic carboxylic acids is 1.